The first-order chi connectivity index (χ1) is 11.6. The van der Waals surface area contributed by atoms with Crippen LogP contribution >= 0.6 is 15.9 Å². The Morgan fingerprint density at radius 3 is 2.79 bits per heavy atom. The lowest BCUT2D eigenvalue weighted by molar-refractivity contribution is -0.117. The van der Waals surface area contributed by atoms with Gasteiger partial charge in [0, 0.05) is 46.0 Å². The first kappa shape index (κ1) is 15.3. The molecule has 0 bridgehead atoms. The molecule has 1 fully saturated rings. The van der Waals surface area contributed by atoms with Crippen LogP contribution < -0.4 is 4.90 Å². The molecule has 24 heavy (non-hydrogen) atoms. The van der Waals surface area contributed by atoms with E-state index < -0.39 is 0 Å². The van der Waals surface area contributed by atoms with E-state index in [1.54, 1.807) is 6.20 Å². The third kappa shape index (κ3) is 2.33. The van der Waals surface area contributed by atoms with Gasteiger partial charge in [0.15, 0.2) is 0 Å². The maximum atomic E-state index is 12.8. The van der Waals surface area contributed by atoms with Crippen molar-refractivity contribution in [3.05, 3.63) is 82.8 Å². The Balaban J connectivity index is 1.78. The van der Waals surface area contributed by atoms with E-state index in [2.05, 4.69) is 52.1 Å². The van der Waals surface area contributed by atoms with Crippen molar-refractivity contribution in [1.29, 1.82) is 0 Å². The topological polar surface area (TPSA) is 33.2 Å². The van der Waals surface area contributed by atoms with E-state index >= 15 is 0 Å². The van der Waals surface area contributed by atoms with Crippen LogP contribution in [-0.4, -0.2) is 10.9 Å². The molecule has 1 amide bonds. The zero-order valence-corrected chi connectivity index (χ0v) is 14.9. The molecule has 4 heteroatoms. The molecule has 2 atom stereocenters. The zero-order chi connectivity index (χ0) is 16.7. The number of pyridine rings is 1. The minimum Gasteiger partial charge on any atom is -0.285 e. The summed E-state index contributed by atoms with van der Waals surface area (Å²) in [5.41, 5.74) is 2.86. The first-order valence-corrected chi connectivity index (χ1v) is 8.77. The van der Waals surface area contributed by atoms with E-state index in [1.165, 1.54) is 0 Å². The fourth-order valence-corrected chi connectivity index (χ4v) is 4.08. The van der Waals surface area contributed by atoms with Crippen molar-refractivity contribution in [1.82, 2.24) is 4.98 Å². The van der Waals surface area contributed by atoms with Crippen LogP contribution in [0.3, 0.4) is 0 Å². The van der Waals surface area contributed by atoms with Crippen LogP contribution in [0.4, 0.5) is 5.69 Å². The van der Waals surface area contributed by atoms with Crippen LogP contribution in [-0.2, 0) is 10.2 Å². The highest BCUT2D eigenvalue weighted by Gasteiger charge is 2.47. The van der Waals surface area contributed by atoms with Crippen molar-refractivity contribution in [2.24, 2.45) is 5.92 Å². The number of halogens is 1. The Kier molecular flexibility index (Phi) is 3.65. The van der Waals surface area contributed by atoms with Crippen LogP contribution in [0.1, 0.15) is 18.9 Å². The second kappa shape index (κ2) is 5.71. The Morgan fingerprint density at radius 1 is 1.25 bits per heavy atom. The lowest BCUT2D eigenvalue weighted by atomic mass is 9.68. The molecular formula is C20H17BrN2O. The summed E-state index contributed by atoms with van der Waals surface area (Å²) in [6, 6.07) is 12.0. The highest BCUT2D eigenvalue weighted by Crippen LogP contribution is 2.48. The predicted octanol–water partition coefficient (Wildman–Crippen LogP) is 4.61. The summed E-state index contributed by atoms with van der Waals surface area (Å²) in [5, 5.41) is 0. The number of rotatable bonds is 2. The standard InChI is InChI=1S/C20H17BrN2O/c1-20(14-10-15(21)13-22-12-14)9-5-8-18-17(20)11-19(24)23(18)16-6-3-2-4-7-16/h2-10,12-13,17H,11H2,1H3. The number of amides is 1. The monoisotopic (exact) mass is 380 g/mol. The molecule has 0 N–H and O–H groups in total. The second-order valence-corrected chi connectivity index (χ2v) is 7.36. The summed E-state index contributed by atoms with van der Waals surface area (Å²) in [6.07, 6.45) is 10.5. The van der Waals surface area contributed by atoms with Gasteiger partial charge in [-0.3, -0.25) is 14.7 Å². The third-order valence-corrected chi connectivity index (χ3v) is 5.45. The summed E-state index contributed by atoms with van der Waals surface area (Å²) >= 11 is 3.51. The molecular weight excluding hydrogens is 364 g/mol. The van der Waals surface area contributed by atoms with Crippen LogP contribution in [0.2, 0.25) is 0 Å². The first-order valence-electron chi connectivity index (χ1n) is 7.98. The molecule has 0 spiro atoms. The number of aromatic nitrogens is 1. The number of carbonyl (C=O) groups excluding carboxylic acids is 1. The van der Waals surface area contributed by atoms with Gasteiger partial charge in [-0.1, -0.05) is 37.3 Å². The second-order valence-electron chi connectivity index (χ2n) is 6.45. The van der Waals surface area contributed by atoms with Crippen LogP contribution in [0.15, 0.2) is 77.2 Å². The van der Waals surface area contributed by atoms with E-state index in [-0.39, 0.29) is 17.2 Å². The average Bonchev–Trinajstić information content (AvgIpc) is 2.93. The predicted molar refractivity (Wildman–Crippen MR) is 98.5 cm³/mol. The molecule has 3 nitrogen and oxygen atoms in total. The third-order valence-electron chi connectivity index (χ3n) is 5.02. The van der Waals surface area contributed by atoms with Gasteiger partial charge in [-0.2, -0.15) is 0 Å². The Hall–Kier alpha value is -2.20. The fraction of sp³-hybridized carbons (Fsp3) is 0.200. The lowest BCUT2D eigenvalue weighted by Gasteiger charge is -2.36. The molecule has 1 aliphatic heterocycles. The van der Waals surface area contributed by atoms with E-state index in [9.17, 15) is 4.79 Å². The average molecular weight is 381 g/mol. The SMILES string of the molecule is CC1(c2cncc(Br)c2)C=CC=C2C1CC(=O)N2c1ccccc1. The number of allylic oxidation sites excluding steroid dienone is 4. The summed E-state index contributed by atoms with van der Waals surface area (Å²) in [4.78, 5) is 18.9. The number of para-hydroxylation sites is 1. The molecule has 1 saturated heterocycles. The van der Waals surface area contributed by atoms with Crippen molar-refractivity contribution in [3.63, 3.8) is 0 Å². The molecule has 2 heterocycles. The number of benzene rings is 1. The zero-order valence-electron chi connectivity index (χ0n) is 13.3. The molecule has 2 aromatic rings. The van der Waals surface area contributed by atoms with Gasteiger partial charge in [-0.25, -0.2) is 0 Å². The summed E-state index contributed by atoms with van der Waals surface area (Å²) in [6.45, 7) is 2.19. The maximum absolute atomic E-state index is 12.8. The Labute approximate surface area is 149 Å². The van der Waals surface area contributed by atoms with Crippen molar-refractivity contribution in [2.45, 2.75) is 18.8 Å². The minimum absolute atomic E-state index is 0.117. The van der Waals surface area contributed by atoms with Crippen LogP contribution in [0, 0.1) is 5.92 Å². The number of nitrogens with zero attached hydrogens (tertiary/aromatic N) is 2. The lowest BCUT2D eigenvalue weighted by Crippen LogP contribution is -2.33. The van der Waals surface area contributed by atoms with Gasteiger partial charge < -0.3 is 0 Å². The Morgan fingerprint density at radius 2 is 2.04 bits per heavy atom. The van der Waals surface area contributed by atoms with Gasteiger partial charge in [-0.15, -0.1) is 0 Å². The van der Waals surface area contributed by atoms with Gasteiger partial charge in [-0.05, 0) is 45.8 Å². The number of anilines is 1. The summed E-state index contributed by atoms with van der Waals surface area (Å²) in [7, 11) is 0. The smallest absolute Gasteiger partial charge is 0.232 e. The van der Waals surface area contributed by atoms with Gasteiger partial charge in [0.25, 0.3) is 0 Å². The number of carbonyl (C=O) groups is 1. The fourth-order valence-electron chi connectivity index (χ4n) is 3.72. The van der Waals surface area contributed by atoms with Crippen molar-refractivity contribution in [3.8, 4) is 0 Å². The molecule has 1 aliphatic carbocycles. The molecule has 120 valence electrons. The molecule has 0 radical (unpaired) electrons. The Bertz CT molecular complexity index is 859. The minimum atomic E-state index is -0.250. The summed E-state index contributed by atoms with van der Waals surface area (Å²) in [5.74, 6) is 0.265. The molecule has 1 aromatic carbocycles. The molecule has 2 unspecified atom stereocenters. The molecule has 4 rings (SSSR count). The highest BCUT2D eigenvalue weighted by molar-refractivity contribution is 9.10. The number of hydrogen-bond donors (Lipinski definition) is 0. The van der Waals surface area contributed by atoms with Crippen LogP contribution in [0.25, 0.3) is 0 Å². The molecule has 2 aliphatic rings. The van der Waals surface area contributed by atoms with E-state index in [1.807, 2.05) is 41.4 Å². The molecule has 0 saturated carbocycles. The highest BCUT2D eigenvalue weighted by atomic mass is 79.9. The van der Waals surface area contributed by atoms with Crippen molar-refractivity contribution >= 4 is 27.5 Å². The number of fused-ring (bicyclic) bond motifs is 1. The van der Waals surface area contributed by atoms with Gasteiger partial charge in [0.2, 0.25) is 5.91 Å². The van der Waals surface area contributed by atoms with Gasteiger partial charge in [0.05, 0.1) is 0 Å². The van der Waals surface area contributed by atoms with Crippen molar-refractivity contribution < 1.29 is 4.79 Å². The van der Waals surface area contributed by atoms with Gasteiger partial charge in [0.1, 0.15) is 0 Å². The van der Waals surface area contributed by atoms with E-state index in [0.717, 1.165) is 21.4 Å². The molecule has 1 aromatic heterocycles. The normalized spacial score (nSPS) is 25.6. The van der Waals surface area contributed by atoms with E-state index in [0.29, 0.717) is 6.42 Å². The largest absolute Gasteiger partial charge is 0.285 e. The number of hydrogen-bond acceptors (Lipinski definition) is 2. The van der Waals surface area contributed by atoms with Crippen molar-refractivity contribution in [2.75, 3.05) is 4.90 Å². The summed E-state index contributed by atoms with van der Waals surface area (Å²) < 4.78 is 0.954. The quantitative estimate of drug-likeness (QED) is 0.761. The van der Waals surface area contributed by atoms with E-state index in [4.69, 9.17) is 0 Å². The van der Waals surface area contributed by atoms with Crippen LogP contribution in [0.5, 0.6) is 0 Å². The maximum Gasteiger partial charge on any atom is 0.232 e. The van der Waals surface area contributed by atoms with Gasteiger partial charge >= 0.3 is 0 Å².